The van der Waals surface area contributed by atoms with Crippen molar-refractivity contribution in [1.29, 1.82) is 0 Å². The minimum atomic E-state index is -1.88. The van der Waals surface area contributed by atoms with Gasteiger partial charge in [0.1, 0.15) is 6.54 Å². The third-order valence-corrected chi connectivity index (χ3v) is 7.90. The Balaban J connectivity index is 1.28. The van der Waals surface area contributed by atoms with E-state index in [1.807, 2.05) is 36.4 Å². The molecule has 3 saturated heterocycles. The third kappa shape index (κ3) is 3.52. The number of anilines is 1. The molecule has 3 aromatic rings. The van der Waals surface area contributed by atoms with Crippen molar-refractivity contribution in [3.05, 3.63) is 89.1 Å². The van der Waals surface area contributed by atoms with Gasteiger partial charge in [-0.2, -0.15) is 5.10 Å². The number of benzene rings is 2. The van der Waals surface area contributed by atoms with Crippen LogP contribution in [0.2, 0.25) is 0 Å². The Hall–Kier alpha value is -3.62. The van der Waals surface area contributed by atoms with E-state index < -0.39 is 17.7 Å². The molecule has 1 atom stereocenters. The average Bonchev–Trinajstić information content (AvgIpc) is 2.90. The zero-order valence-corrected chi connectivity index (χ0v) is 19.3. The van der Waals surface area contributed by atoms with Crippen LogP contribution >= 0.6 is 0 Å². The van der Waals surface area contributed by atoms with Crippen molar-refractivity contribution in [2.45, 2.75) is 31.0 Å². The highest BCUT2D eigenvalue weighted by Crippen LogP contribution is 2.43. The predicted octanol–water partition coefficient (Wildman–Crippen LogP) is 3.00. The Morgan fingerprint density at radius 2 is 1.63 bits per heavy atom. The molecule has 7 rings (SSSR count). The smallest absolute Gasteiger partial charge is 0.422 e. The van der Waals surface area contributed by atoms with E-state index in [-0.39, 0.29) is 16.4 Å². The molecule has 35 heavy (non-hydrogen) atoms. The van der Waals surface area contributed by atoms with Gasteiger partial charge in [0.2, 0.25) is 5.60 Å². The van der Waals surface area contributed by atoms with Crippen molar-refractivity contribution in [2.75, 3.05) is 25.0 Å². The second-order valence-electron chi connectivity index (χ2n) is 9.80. The lowest BCUT2D eigenvalue weighted by Crippen LogP contribution is -2.68. The minimum absolute atomic E-state index is 0.168. The van der Waals surface area contributed by atoms with Gasteiger partial charge < -0.3 is 9.84 Å². The number of carbonyl (C=O) groups excluding carboxylic acids is 2. The van der Waals surface area contributed by atoms with Gasteiger partial charge in [-0.05, 0) is 29.7 Å². The van der Waals surface area contributed by atoms with Crippen LogP contribution in [0.5, 0.6) is 0 Å². The minimum Gasteiger partial charge on any atom is -0.453 e. The standard InChI is InChI=1S/C27H26N4O4/c32-25(27(34)21-8-3-1-6-19(21)16-20-7-2-4-9-22(20)27)35-23-17-31(14-11-18(23)12-15-31)26(33)29-24-10-5-13-28-30-24/h1-10,13,18,23,34H,11-12,14-17H2/p+1. The van der Waals surface area contributed by atoms with Crippen LogP contribution in [-0.2, 0) is 21.6 Å². The molecule has 3 aliphatic heterocycles. The summed E-state index contributed by atoms with van der Waals surface area (Å²) in [6.07, 6.45) is 3.30. The number of urea groups is 1. The van der Waals surface area contributed by atoms with Gasteiger partial charge >= 0.3 is 12.0 Å². The largest absolute Gasteiger partial charge is 0.453 e. The molecule has 2 amide bonds. The molecule has 4 heterocycles. The summed E-state index contributed by atoms with van der Waals surface area (Å²) in [6, 6.07) is 18.2. The van der Waals surface area contributed by atoms with Gasteiger partial charge in [-0.25, -0.2) is 14.1 Å². The summed E-state index contributed by atoms with van der Waals surface area (Å²) >= 11 is 0. The highest BCUT2D eigenvalue weighted by molar-refractivity contribution is 5.88. The maximum absolute atomic E-state index is 13.8. The van der Waals surface area contributed by atoms with Crippen LogP contribution in [0.1, 0.15) is 35.1 Å². The number of carbonyl (C=O) groups is 2. The highest BCUT2D eigenvalue weighted by Gasteiger charge is 2.54. The van der Waals surface area contributed by atoms with Crippen molar-refractivity contribution in [1.82, 2.24) is 10.2 Å². The number of fused-ring (bicyclic) bond motifs is 5. The number of aromatic nitrogens is 2. The summed E-state index contributed by atoms with van der Waals surface area (Å²) in [5.74, 6) is -0.111. The van der Waals surface area contributed by atoms with E-state index in [9.17, 15) is 14.7 Å². The van der Waals surface area contributed by atoms with Crippen molar-refractivity contribution < 1.29 is 23.9 Å². The van der Waals surface area contributed by atoms with Gasteiger partial charge in [0.25, 0.3) is 0 Å². The fourth-order valence-corrected chi connectivity index (χ4v) is 5.99. The van der Waals surface area contributed by atoms with Gasteiger partial charge in [-0.15, -0.1) is 5.10 Å². The molecular weight excluding hydrogens is 444 g/mol. The molecule has 178 valence electrons. The van der Waals surface area contributed by atoms with Crippen LogP contribution < -0.4 is 5.32 Å². The van der Waals surface area contributed by atoms with E-state index in [1.165, 1.54) is 0 Å². The molecule has 0 radical (unpaired) electrons. The fraction of sp³-hybridized carbons (Fsp3) is 0.333. The van der Waals surface area contributed by atoms with E-state index >= 15 is 0 Å². The number of rotatable bonds is 3. The van der Waals surface area contributed by atoms with Crippen LogP contribution in [0.25, 0.3) is 0 Å². The molecule has 0 saturated carbocycles. The Morgan fingerprint density at radius 3 is 2.26 bits per heavy atom. The van der Waals surface area contributed by atoms with Crippen LogP contribution in [0.15, 0.2) is 66.9 Å². The lowest BCUT2D eigenvalue weighted by molar-refractivity contribution is -0.869. The number of ether oxygens (including phenoxy) is 1. The topological polar surface area (TPSA) is 101 Å². The SMILES string of the molecule is O=C(OC1C[N+]2(C(=O)Nc3cccnn3)CCC1CC2)C1(O)c2ccccc2Cc2ccccc21. The number of amides is 2. The van der Waals surface area contributed by atoms with E-state index in [1.54, 1.807) is 30.5 Å². The quantitative estimate of drug-likeness (QED) is 0.450. The number of piperidine rings is 3. The van der Waals surface area contributed by atoms with E-state index in [4.69, 9.17) is 4.74 Å². The summed E-state index contributed by atoms with van der Waals surface area (Å²) in [7, 11) is 0. The maximum Gasteiger partial charge on any atom is 0.422 e. The number of nitrogens with zero attached hydrogens (tertiary/aromatic N) is 3. The molecule has 8 heteroatoms. The van der Waals surface area contributed by atoms with Gasteiger partial charge in [-0.3, -0.25) is 5.32 Å². The maximum atomic E-state index is 13.8. The number of esters is 1. The van der Waals surface area contributed by atoms with Crippen LogP contribution in [-0.4, -0.2) is 57.5 Å². The average molecular weight is 472 g/mol. The number of hydrogen-bond donors (Lipinski definition) is 2. The molecule has 3 fully saturated rings. The summed E-state index contributed by atoms with van der Waals surface area (Å²) in [4.78, 5) is 27.0. The Bertz CT molecular complexity index is 1240. The molecule has 1 unspecified atom stereocenters. The third-order valence-electron chi connectivity index (χ3n) is 7.90. The highest BCUT2D eigenvalue weighted by atomic mass is 16.6. The van der Waals surface area contributed by atoms with Gasteiger partial charge in [0.15, 0.2) is 11.9 Å². The van der Waals surface area contributed by atoms with E-state index in [0.29, 0.717) is 43.0 Å². The lowest BCUT2D eigenvalue weighted by Gasteiger charge is -2.49. The fourth-order valence-electron chi connectivity index (χ4n) is 5.99. The van der Waals surface area contributed by atoms with Crippen LogP contribution in [0.3, 0.4) is 0 Å². The van der Waals surface area contributed by atoms with Gasteiger partial charge in [-0.1, -0.05) is 48.5 Å². The Kier molecular flexibility index (Phi) is 5.16. The predicted molar refractivity (Wildman–Crippen MR) is 127 cm³/mol. The molecule has 8 nitrogen and oxygen atoms in total. The normalized spacial score (nSPS) is 25.7. The molecule has 2 bridgehead atoms. The molecule has 1 aromatic heterocycles. The zero-order chi connectivity index (χ0) is 24.0. The molecule has 2 aromatic carbocycles. The first kappa shape index (κ1) is 21.9. The summed E-state index contributed by atoms with van der Waals surface area (Å²) in [5.41, 5.74) is 1.06. The first-order valence-corrected chi connectivity index (χ1v) is 12.1. The second kappa shape index (κ2) is 8.25. The van der Waals surface area contributed by atoms with Crippen molar-refractivity contribution >= 4 is 17.8 Å². The number of aliphatic hydroxyl groups is 1. The summed E-state index contributed by atoms with van der Waals surface area (Å²) in [5, 5.41) is 22.6. The van der Waals surface area contributed by atoms with Crippen molar-refractivity contribution in [2.24, 2.45) is 5.92 Å². The Labute approximate surface area is 203 Å². The molecule has 4 aliphatic rings. The van der Waals surface area contributed by atoms with Crippen LogP contribution in [0.4, 0.5) is 10.6 Å². The number of nitrogens with one attached hydrogen (secondary N) is 1. The van der Waals surface area contributed by atoms with Crippen molar-refractivity contribution in [3.63, 3.8) is 0 Å². The molecule has 1 aliphatic carbocycles. The number of hydrogen-bond acceptors (Lipinski definition) is 6. The number of quaternary nitrogens is 1. The van der Waals surface area contributed by atoms with Crippen LogP contribution in [0, 0.1) is 5.92 Å². The molecular formula is C27H27N4O4+. The van der Waals surface area contributed by atoms with E-state index in [0.717, 1.165) is 24.0 Å². The van der Waals surface area contributed by atoms with Gasteiger partial charge in [0, 0.05) is 36.1 Å². The molecule has 0 spiro atoms. The Morgan fingerprint density at radius 1 is 0.971 bits per heavy atom. The first-order chi connectivity index (χ1) is 17.0. The second-order valence-corrected chi connectivity index (χ2v) is 9.80. The van der Waals surface area contributed by atoms with Crippen molar-refractivity contribution in [3.8, 4) is 0 Å². The van der Waals surface area contributed by atoms with E-state index in [2.05, 4.69) is 15.5 Å². The summed E-state index contributed by atoms with van der Waals surface area (Å²) in [6.45, 7) is 1.74. The van der Waals surface area contributed by atoms with Gasteiger partial charge in [0.05, 0.1) is 13.1 Å². The summed E-state index contributed by atoms with van der Waals surface area (Å²) < 4.78 is 6.27. The first-order valence-electron chi connectivity index (χ1n) is 12.1. The monoisotopic (exact) mass is 471 g/mol. The molecule has 2 N–H and O–H groups in total. The zero-order valence-electron chi connectivity index (χ0n) is 19.3. The lowest BCUT2D eigenvalue weighted by atomic mass is 9.74.